The minimum atomic E-state index is -0.0540. The molecule has 1 aromatic rings. The zero-order chi connectivity index (χ0) is 12.4. The van der Waals surface area contributed by atoms with E-state index in [1.165, 1.54) is 0 Å². The summed E-state index contributed by atoms with van der Waals surface area (Å²) >= 11 is 10.3. The van der Waals surface area contributed by atoms with Crippen molar-refractivity contribution < 1.29 is 9.53 Å². The molecule has 17 heavy (non-hydrogen) atoms. The predicted octanol–water partition coefficient (Wildman–Crippen LogP) is 2.49. The Morgan fingerprint density at radius 3 is 3.06 bits per heavy atom. The van der Waals surface area contributed by atoms with E-state index in [4.69, 9.17) is 16.3 Å². The minimum absolute atomic E-state index is 0.0540. The summed E-state index contributed by atoms with van der Waals surface area (Å²) in [5, 5.41) is 0.464. The zero-order valence-corrected chi connectivity index (χ0v) is 11.2. The molecule has 0 bridgehead atoms. The summed E-state index contributed by atoms with van der Waals surface area (Å²) < 4.78 is 5.31. The summed E-state index contributed by atoms with van der Waals surface area (Å²) in [5.41, 5.74) is 0.507. The SMILES string of the molecule is CC1COCCN1C(=O)c1cc(S)ccc1Cl. The van der Waals surface area contributed by atoms with Crippen molar-refractivity contribution in [3.8, 4) is 0 Å². The van der Waals surface area contributed by atoms with E-state index in [1.54, 1.807) is 23.1 Å². The van der Waals surface area contributed by atoms with Crippen LogP contribution in [-0.2, 0) is 4.74 Å². The topological polar surface area (TPSA) is 29.5 Å². The van der Waals surface area contributed by atoms with Gasteiger partial charge in [0, 0.05) is 11.4 Å². The molecule has 0 aromatic heterocycles. The van der Waals surface area contributed by atoms with Crippen molar-refractivity contribution in [2.24, 2.45) is 0 Å². The Morgan fingerprint density at radius 1 is 1.59 bits per heavy atom. The molecule has 0 N–H and O–H groups in total. The molecule has 0 aliphatic carbocycles. The fourth-order valence-corrected chi connectivity index (χ4v) is 2.26. The number of carbonyl (C=O) groups excluding carboxylic acids is 1. The second-order valence-electron chi connectivity index (χ2n) is 4.09. The quantitative estimate of drug-likeness (QED) is 0.796. The third-order valence-electron chi connectivity index (χ3n) is 2.81. The maximum Gasteiger partial charge on any atom is 0.255 e. The van der Waals surface area contributed by atoms with Crippen LogP contribution >= 0.6 is 24.2 Å². The normalized spacial score (nSPS) is 20.4. The van der Waals surface area contributed by atoms with Crippen LogP contribution in [0.15, 0.2) is 23.1 Å². The Morgan fingerprint density at radius 2 is 2.35 bits per heavy atom. The number of hydrogen-bond donors (Lipinski definition) is 1. The lowest BCUT2D eigenvalue weighted by molar-refractivity contribution is 0.00359. The first-order valence-electron chi connectivity index (χ1n) is 5.47. The van der Waals surface area contributed by atoms with Gasteiger partial charge in [-0.05, 0) is 25.1 Å². The second kappa shape index (κ2) is 5.29. The van der Waals surface area contributed by atoms with Crippen molar-refractivity contribution in [3.05, 3.63) is 28.8 Å². The van der Waals surface area contributed by atoms with Crippen LogP contribution in [0.3, 0.4) is 0 Å². The van der Waals surface area contributed by atoms with Gasteiger partial charge in [-0.3, -0.25) is 4.79 Å². The first-order chi connectivity index (χ1) is 8.09. The van der Waals surface area contributed by atoms with Gasteiger partial charge in [0.25, 0.3) is 5.91 Å². The minimum Gasteiger partial charge on any atom is -0.377 e. The molecule has 1 saturated heterocycles. The average molecular weight is 272 g/mol. The van der Waals surface area contributed by atoms with Crippen molar-refractivity contribution in [1.29, 1.82) is 0 Å². The molecule has 0 radical (unpaired) electrons. The molecule has 2 rings (SSSR count). The fraction of sp³-hybridized carbons (Fsp3) is 0.417. The van der Waals surface area contributed by atoms with Crippen molar-refractivity contribution >= 4 is 30.1 Å². The molecule has 1 heterocycles. The van der Waals surface area contributed by atoms with Gasteiger partial charge in [-0.15, -0.1) is 12.6 Å². The van der Waals surface area contributed by atoms with Crippen molar-refractivity contribution in [1.82, 2.24) is 4.90 Å². The van der Waals surface area contributed by atoms with Gasteiger partial charge in [-0.25, -0.2) is 0 Å². The molecule has 1 atom stereocenters. The Hall–Kier alpha value is -0.710. The van der Waals surface area contributed by atoms with Crippen LogP contribution in [0.25, 0.3) is 0 Å². The van der Waals surface area contributed by atoms with Gasteiger partial charge in [0.2, 0.25) is 0 Å². The molecule has 1 amide bonds. The number of rotatable bonds is 1. The predicted molar refractivity (Wildman–Crippen MR) is 70.0 cm³/mol. The lowest BCUT2D eigenvalue weighted by Crippen LogP contribution is -2.47. The van der Waals surface area contributed by atoms with Gasteiger partial charge in [-0.2, -0.15) is 0 Å². The largest absolute Gasteiger partial charge is 0.377 e. The average Bonchev–Trinajstić information content (AvgIpc) is 2.32. The summed E-state index contributed by atoms with van der Waals surface area (Å²) in [7, 11) is 0. The molecule has 1 fully saturated rings. The number of hydrogen-bond acceptors (Lipinski definition) is 3. The van der Waals surface area contributed by atoms with Gasteiger partial charge in [0.05, 0.1) is 29.8 Å². The van der Waals surface area contributed by atoms with Crippen LogP contribution in [0.4, 0.5) is 0 Å². The number of amides is 1. The smallest absolute Gasteiger partial charge is 0.255 e. The molecular weight excluding hydrogens is 258 g/mol. The van der Waals surface area contributed by atoms with Gasteiger partial charge in [-0.1, -0.05) is 11.6 Å². The number of halogens is 1. The number of thiol groups is 1. The number of morpholine rings is 1. The van der Waals surface area contributed by atoms with Crippen LogP contribution in [0.5, 0.6) is 0 Å². The van der Waals surface area contributed by atoms with Crippen molar-refractivity contribution in [2.75, 3.05) is 19.8 Å². The standard InChI is InChI=1S/C12H14ClNO2S/c1-8-7-16-5-4-14(8)12(15)10-6-9(17)2-3-11(10)13/h2-3,6,8,17H,4-5,7H2,1H3. The molecule has 92 valence electrons. The molecule has 0 saturated carbocycles. The summed E-state index contributed by atoms with van der Waals surface area (Å²) in [6.45, 7) is 3.72. The third-order valence-corrected chi connectivity index (χ3v) is 3.42. The Kier molecular flexibility index (Phi) is 3.97. The van der Waals surface area contributed by atoms with Crippen LogP contribution in [-0.4, -0.2) is 36.6 Å². The fourth-order valence-electron chi connectivity index (χ4n) is 1.86. The molecule has 1 unspecified atom stereocenters. The molecule has 5 heteroatoms. The summed E-state index contributed by atoms with van der Waals surface area (Å²) in [6.07, 6.45) is 0. The summed E-state index contributed by atoms with van der Waals surface area (Å²) in [5.74, 6) is -0.0540. The Balaban J connectivity index is 2.26. The van der Waals surface area contributed by atoms with Crippen LogP contribution in [0.2, 0.25) is 5.02 Å². The maximum atomic E-state index is 12.3. The number of benzene rings is 1. The van der Waals surface area contributed by atoms with E-state index in [0.717, 1.165) is 4.90 Å². The number of nitrogens with zero attached hydrogens (tertiary/aromatic N) is 1. The maximum absolute atomic E-state index is 12.3. The van der Waals surface area contributed by atoms with Gasteiger partial charge in [0.15, 0.2) is 0 Å². The molecule has 1 aromatic carbocycles. The Bertz CT molecular complexity index is 439. The Labute approximate surface area is 111 Å². The van der Waals surface area contributed by atoms with E-state index in [9.17, 15) is 4.79 Å². The summed E-state index contributed by atoms with van der Waals surface area (Å²) in [6, 6.07) is 5.25. The van der Waals surface area contributed by atoms with E-state index in [2.05, 4.69) is 12.6 Å². The monoisotopic (exact) mass is 271 g/mol. The van der Waals surface area contributed by atoms with Crippen molar-refractivity contribution in [2.45, 2.75) is 17.9 Å². The zero-order valence-electron chi connectivity index (χ0n) is 9.52. The summed E-state index contributed by atoms with van der Waals surface area (Å²) in [4.78, 5) is 14.9. The second-order valence-corrected chi connectivity index (χ2v) is 5.01. The van der Waals surface area contributed by atoms with E-state index in [1.807, 2.05) is 6.92 Å². The highest BCUT2D eigenvalue weighted by atomic mass is 35.5. The molecule has 0 spiro atoms. The molecule has 1 aliphatic rings. The lowest BCUT2D eigenvalue weighted by atomic mass is 10.1. The molecule has 1 aliphatic heterocycles. The van der Waals surface area contributed by atoms with Gasteiger partial charge < -0.3 is 9.64 Å². The van der Waals surface area contributed by atoms with E-state index in [-0.39, 0.29) is 11.9 Å². The van der Waals surface area contributed by atoms with Crippen LogP contribution in [0, 0.1) is 0 Å². The highest BCUT2D eigenvalue weighted by Gasteiger charge is 2.26. The van der Waals surface area contributed by atoms with E-state index < -0.39 is 0 Å². The van der Waals surface area contributed by atoms with E-state index >= 15 is 0 Å². The first kappa shape index (κ1) is 12.7. The highest BCUT2D eigenvalue weighted by molar-refractivity contribution is 7.80. The lowest BCUT2D eigenvalue weighted by Gasteiger charge is -2.33. The third kappa shape index (κ3) is 2.76. The number of ether oxygens (including phenoxy) is 1. The van der Waals surface area contributed by atoms with Crippen LogP contribution in [0.1, 0.15) is 17.3 Å². The first-order valence-corrected chi connectivity index (χ1v) is 6.29. The highest BCUT2D eigenvalue weighted by Crippen LogP contribution is 2.22. The van der Waals surface area contributed by atoms with Crippen molar-refractivity contribution in [3.63, 3.8) is 0 Å². The van der Waals surface area contributed by atoms with Gasteiger partial charge in [0.1, 0.15) is 0 Å². The molecule has 3 nitrogen and oxygen atoms in total. The number of carbonyl (C=O) groups is 1. The van der Waals surface area contributed by atoms with E-state index in [0.29, 0.717) is 30.3 Å². The molecular formula is C12H14ClNO2S. The van der Waals surface area contributed by atoms with Gasteiger partial charge >= 0.3 is 0 Å². The van der Waals surface area contributed by atoms with Crippen LogP contribution < -0.4 is 0 Å².